The fourth-order valence-electron chi connectivity index (χ4n) is 2.58. The molecule has 0 radical (unpaired) electrons. The molecule has 1 atom stereocenters. The van der Waals surface area contributed by atoms with Gasteiger partial charge in [0.2, 0.25) is 0 Å². The van der Waals surface area contributed by atoms with E-state index in [2.05, 4.69) is 0 Å². The Hall–Kier alpha value is -2.36. The van der Waals surface area contributed by atoms with E-state index in [0.717, 1.165) is 23.7 Å². The van der Waals surface area contributed by atoms with Crippen LogP contribution in [0.25, 0.3) is 10.8 Å². The Morgan fingerprint density at radius 3 is 2.12 bits per heavy atom. The lowest BCUT2D eigenvalue weighted by Crippen LogP contribution is -2.27. The van der Waals surface area contributed by atoms with Crippen molar-refractivity contribution in [3.63, 3.8) is 0 Å². The van der Waals surface area contributed by atoms with Crippen LogP contribution in [-0.4, -0.2) is 41.9 Å². The second kappa shape index (κ2) is 9.06. The van der Waals surface area contributed by atoms with E-state index in [-0.39, 0.29) is 6.10 Å². The molecule has 0 saturated heterocycles. The maximum Gasteiger partial charge on any atom is 0.123 e. The van der Waals surface area contributed by atoms with Crippen LogP contribution in [0.2, 0.25) is 0 Å². The van der Waals surface area contributed by atoms with Crippen molar-refractivity contribution in [3.8, 4) is 5.75 Å². The highest BCUT2D eigenvalue weighted by atomic mass is 16.3. The van der Waals surface area contributed by atoms with E-state index in [9.17, 15) is 10.2 Å². The Morgan fingerprint density at radius 1 is 0.833 bits per heavy atom. The number of rotatable bonds is 4. The summed E-state index contributed by atoms with van der Waals surface area (Å²) < 4.78 is 0. The number of aliphatic hydroxyl groups is 1. The molecule has 24 heavy (non-hydrogen) atoms. The van der Waals surface area contributed by atoms with Crippen molar-refractivity contribution in [1.29, 1.82) is 0 Å². The molecule has 3 nitrogen and oxygen atoms in total. The molecule has 0 bridgehead atoms. The normalized spacial score (nSPS) is 11.8. The van der Waals surface area contributed by atoms with Gasteiger partial charge >= 0.3 is 0 Å². The molecule has 126 valence electrons. The van der Waals surface area contributed by atoms with E-state index in [1.165, 1.54) is 5.56 Å². The highest BCUT2D eigenvalue weighted by Crippen LogP contribution is 2.22. The molecule has 0 fully saturated rings. The van der Waals surface area contributed by atoms with Crippen LogP contribution < -0.4 is 0 Å². The lowest BCUT2D eigenvalue weighted by Gasteiger charge is -2.15. The molecule has 0 saturated carbocycles. The van der Waals surface area contributed by atoms with Crippen molar-refractivity contribution in [2.45, 2.75) is 12.5 Å². The summed E-state index contributed by atoms with van der Waals surface area (Å²) in [6.07, 6.45) is 0.469. The first-order chi connectivity index (χ1) is 11.6. The van der Waals surface area contributed by atoms with E-state index in [1.54, 1.807) is 6.07 Å². The Bertz CT molecular complexity index is 736. The largest absolute Gasteiger partial charge is 0.507 e. The molecule has 0 heterocycles. The lowest BCUT2D eigenvalue weighted by atomic mass is 10.1. The van der Waals surface area contributed by atoms with Crippen LogP contribution in [0.3, 0.4) is 0 Å². The molecule has 2 N–H and O–H groups in total. The number of benzene rings is 3. The fraction of sp³-hybridized carbons (Fsp3) is 0.238. The third-order valence-corrected chi connectivity index (χ3v) is 3.66. The Morgan fingerprint density at radius 2 is 1.46 bits per heavy atom. The van der Waals surface area contributed by atoms with Crippen molar-refractivity contribution in [1.82, 2.24) is 4.90 Å². The van der Waals surface area contributed by atoms with Gasteiger partial charge in [0.15, 0.2) is 0 Å². The van der Waals surface area contributed by atoms with Gasteiger partial charge in [-0.2, -0.15) is 0 Å². The minimum atomic E-state index is -0.266. The van der Waals surface area contributed by atoms with E-state index in [0.29, 0.717) is 5.75 Å². The van der Waals surface area contributed by atoms with Gasteiger partial charge in [0.05, 0.1) is 6.10 Å². The van der Waals surface area contributed by atoms with Crippen molar-refractivity contribution in [2.75, 3.05) is 20.6 Å². The van der Waals surface area contributed by atoms with Gasteiger partial charge in [-0.25, -0.2) is 0 Å². The van der Waals surface area contributed by atoms with Gasteiger partial charge in [-0.1, -0.05) is 66.7 Å². The highest BCUT2D eigenvalue weighted by Gasteiger charge is 2.05. The second-order valence-corrected chi connectivity index (χ2v) is 6.10. The summed E-state index contributed by atoms with van der Waals surface area (Å²) in [5, 5.41) is 21.0. The van der Waals surface area contributed by atoms with Gasteiger partial charge < -0.3 is 15.1 Å². The predicted octanol–water partition coefficient (Wildman–Crippen LogP) is 3.70. The van der Waals surface area contributed by atoms with Gasteiger partial charge in [-0.05, 0) is 37.5 Å². The van der Waals surface area contributed by atoms with Gasteiger partial charge in [-0.3, -0.25) is 0 Å². The Labute approximate surface area is 143 Å². The van der Waals surface area contributed by atoms with Crippen molar-refractivity contribution < 1.29 is 10.2 Å². The topological polar surface area (TPSA) is 43.7 Å². The van der Waals surface area contributed by atoms with Crippen LogP contribution >= 0.6 is 0 Å². The molecule has 0 aliphatic heterocycles. The minimum Gasteiger partial charge on any atom is -0.507 e. The van der Waals surface area contributed by atoms with Gasteiger partial charge in [-0.15, -0.1) is 0 Å². The minimum absolute atomic E-state index is 0.266. The summed E-state index contributed by atoms with van der Waals surface area (Å²) in [4.78, 5) is 1.99. The van der Waals surface area contributed by atoms with Crippen molar-refractivity contribution in [2.24, 2.45) is 0 Å². The number of phenolic OH excluding ortho intramolecular Hbond substituents is 1. The average molecular weight is 323 g/mol. The fourth-order valence-corrected chi connectivity index (χ4v) is 2.58. The maximum absolute atomic E-state index is 9.63. The molecule has 0 amide bonds. The molecule has 0 aromatic heterocycles. The quantitative estimate of drug-likeness (QED) is 0.769. The molecular weight excluding hydrogens is 298 g/mol. The third kappa shape index (κ3) is 5.69. The van der Waals surface area contributed by atoms with Gasteiger partial charge in [0.25, 0.3) is 0 Å². The van der Waals surface area contributed by atoms with Gasteiger partial charge in [0.1, 0.15) is 5.75 Å². The standard InChI is InChI=1S/C11H17NO.C10H8O/c1-12(2)9-11(13)8-10-6-4-3-5-7-10;11-10-7-3-5-8-4-1-2-6-9(8)10/h3-7,11,13H,8-9H2,1-2H3;1-7,11H. The zero-order valence-electron chi connectivity index (χ0n) is 14.3. The summed E-state index contributed by atoms with van der Waals surface area (Å²) in [6, 6.07) is 23.4. The van der Waals surface area contributed by atoms with E-state index >= 15 is 0 Å². The molecule has 3 rings (SSSR count). The number of nitrogens with zero attached hydrogens (tertiary/aromatic N) is 1. The number of phenols is 1. The third-order valence-electron chi connectivity index (χ3n) is 3.66. The molecular formula is C21H25NO2. The van der Waals surface area contributed by atoms with Crippen LogP contribution in [-0.2, 0) is 6.42 Å². The first kappa shape index (κ1) is 18.0. The Balaban J connectivity index is 0.000000175. The number of aromatic hydroxyl groups is 1. The van der Waals surface area contributed by atoms with E-state index in [4.69, 9.17) is 0 Å². The molecule has 0 aliphatic carbocycles. The zero-order valence-corrected chi connectivity index (χ0v) is 14.3. The summed E-state index contributed by atoms with van der Waals surface area (Å²) in [5.41, 5.74) is 1.19. The number of fused-ring (bicyclic) bond motifs is 1. The van der Waals surface area contributed by atoms with Crippen molar-refractivity contribution in [3.05, 3.63) is 78.4 Å². The lowest BCUT2D eigenvalue weighted by molar-refractivity contribution is 0.137. The summed E-state index contributed by atoms with van der Waals surface area (Å²) in [6.45, 7) is 0.717. The van der Waals surface area contributed by atoms with Crippen LogP contribution in [0.15, 0.2) is 72.8 Å². The molecule has 0 spiro atoms. The smallest absolute Gasteiger partial charge is 0.123 e. The molecule has 3 aromatic carbocycles. The van der Waals surface area contributed by atoms with Crippen molar-refractivity contribution >= 4 is 10.8 Å². The highest BCUT2D eigenvalue weighted by molar-refractivity contribution is 5.87. The first-order valence-corrected chi connectivity index (χ1v) is 8.09. The van der Waals surface area contributed by atoms with Crippen LogP contribution in [0.4, 0.5) is 0 Å². The van der Waals surface area contributed by atoms with Crippen LogP contribution in [0.5, 0.6) is 5.75 Å². The molecule has 3 heteroatoms. The van der Waals surface area contributed by atoms with E-state index < -0.39 is 0 Å². The molecule has 1 unspecified atom stereocenters. The molecule has 3 aromatic rings. The summed E-state index contributed by atoms with van der Waals surface area (Å²) in [7, 11) is 3.93. The number of likely N-dealkylation sites (N-methyl/N-ethyl adjacent to an activating group) is 1. The Kier molecular flexibility index (Phi) is 6.79. The average Bonchev–Trinajstić information content (AvgIpc) is 2.56. The summed E-state index contributed by atoms with van der Waals surface area (Å²) in [5.74, 6) is 0.350. The zero-order chi connectivity index (χ0) is 17.4. The summed E-state index contributed by atoms with van der Waals surface area (Å²) >= 11 is 0. The predicted molar refractivity (Wildman–Crippen MR) is 100 cm³/mol. The number of hydrogen-bond donors (Lipinski definition) is 2. The van der Waals surface area contributed by atoms with Crippen LogP contribution in [0, 0.1) is 0 Å². The SMILES string of the molecule is CN(C)CC(O)Cc1ccccc1.Oc1cccc2ccccc12. The van der Waals surface area contributed by atoms with E-state index in [1.807, 2.05) is 85.7 Å². The second-order valence-electron chi connectivity index (χ2n) is 6.10. The number of aliphatic hydroxyl groups excluding tert-OH is 1. The van der Waals surface area contributed by atoms with Crippen LogP contribution in [0.1, 0.15) is 5.56 Å². The number of hydrogen-bond acceptors (Lipinski definition) is 3. The maximum atomic E-state index is 9.63. The molecule has 0 aliphatic rings. The first-order valence-electron chi connectivity index (χ1n) is 8.09. The monoisotopic (exact) mass is 323 g/mol. The van der Waals surface area contributed by atoms with Gasteiger partial charge in [0, 0.05) is 11.9 Å².